The number of fused-ring (bicyclic) bond motifs is 7. The standard InChI is InChI=1S/C35H23NO2/c1-3-11-22(12-4-1)28-19-24(20-29(36-28)23-13-5-2-6-14-23)27-21-32-33(25-15-7-9-17-30(25)37-32)34-26-16-8-10-18-31(26)38-35(27)34/h1,3-5,7-21H,2,6H2. The molecule has 0 amide bonds. The van der Waals surface area contributed by atoms with E-state index in [9.17, 15) is 0 Å². The SMILES string of the molecule is C1=CC(c2cc(-c3cc4oc5ccccc5c4c4c3oc3ccccc34)cc(-c3ccccc3)n2)=CCC1. The number of furan rings is 2. The number of hydrogen-bond donors (Lipinski definition) is 0. The molecule has 3 heterocycles. The van der Waals surface area contributed by atoms with Crippen LogP contribution >= 0.6 is 0 Å². The number of benzene rings is 4. The number of para-hydroxylation sites is 2. The van der Waals surface area contributed by atoms with E-state index in [-0.39, 0.29) is 0 Å². The first kappa shape index (κ1) is 21.2. The molecule has 0 saturated carbocycles. The fourth-order valence-electron chi connectivity index (χ4n) is 5.71. The number of rotatable bonds is 3. The predicted molar refractivity (Wildman–Crippen MR) is 156 cm³/mol. The summed E-state index contributed by atoms with van der Waals surface area (Å²) in [7, 11) is 0. The Bertz CT molecular complexity index is 2070. The summed E-state index contributed by atoms with van der Waals surface area (Å²) in [5.74, 6) is 0. The molecule has 0 fully saturated rings. The van der Waals surface area contributed by atoms with Crippen molar-refractivity contribution in [2.75, 3.05) is 0 Å². The van der Waals surface area contributed by atoms with Gasteiger partial charge in [-0.15, -0.1) is 0 Å². The molecule has 0 aliphatic heterocycles. The number of pyridine rings is 1. The second-order valence-corrected chi connectivity index (χ2v) is 9.83. The second-order valence-electron chi connectivity index (χ2n) is 9.83. The van der Waals surface area contributed by atoms with Gasteiger partial charge in [-0.05, 0) is 54.3 Å². The zero-order valence-electron chi connectivity index (χ0n) is 20.6. The molecular weight excluding hydrogens is 466 g/mol. The van der Waals surface area contributed by atoms with Gasteiger partial charge in [-0.1, -0.05) is 85.0 Å². The van der Waals surface area contributed by atoms with Crippen molar-refractivity contribution in [1.82, 2.24) is 4.98 Å². The number of allylic oxidation sites excluding steroid dienone is 4. The third-order valence-corrected chi connectivity index (χ3v) is 7.48. The molecule has 3 heteroatoms. The van der Waals surface area contributed by atoms with Gasteiger partial charge in [0.2, 0.25) is 0 Å². The monoisotopic (exact) mass is 489 g/mol. The summed E-state index contributed by atoms with van der Waals surface area (Å²) in [5, 5.41) is 4.38. The minimum atomic E-state index is 0.858. The third-order valence-electron chi connectivity index (χ3n) is 7.48. The van der Waals surface area contributed by atoms with E-state index in [1.54, 1.807) is 0 Å². The molecule has 0 N–H and O–H groups in total. The van der Waals surface area contributed by atoms with Crippen molar-refractivity contribution >= 4 is 49.5 Å². The van der Waals surface area contributed by atoms with Gasteiger partial charge < -0.3 is 8.83 Å². The van der Waals surface area contributed by atoms with Crippen LogP contribution in [-0.4, -0.2) is 4.98 Å². The summed E-state index contributed by atoms with van der Waals surface area (Å²) in [4.78, 5) is 5.10. The quantitative estimate of drug-likeness (QED) is 0.248. The van der Waals surface area contributed by atoms with E-state index >= 15 is 0 Å². The zero-order chi connectivity index (χ0) is 25.1. The number of nitrogens with zero attached hydrogens (tertiary/aromatic N) is 1. The fraction of sp³-hybridized carbons (Fsp3) is 0.0571. The molecule has 1 aliphatic carbocycles. The van der Waals surface area contributed by atoms with Crippen LogP contribution in [0.5, 0.6) is 0 Å². The van der Waals surface area contributed by atoms with Crippen LogP contribution in [0.2, 0.25) is 0 Å². The number of hydrogen-bond acceptors (Lipinski definition) is 3. The summed E-state index contributed by atoms with van der Waals surface area (Å²) in [6.45, 7) is 0. The van der Waals surface area contributed by atoms with Crippen LogP contribution in [0.25, 0.3) is 71.8 Å². The summed E-state index contributed by atoms with van der Waals surface area (Å²) in [6.07, 6.45) is 8.78. The van der Waals surface area contributed by atoms with Gasteiger partial charge in [-0.3, -0.25) is 0 Å². The summed E-state index contributed by atoms with van der Waals surface area (Å²) in [6, 6.07) is 33.4. The maximum absolute atomic E-state index is 6.60. The van der Waals surface area contributed by atoms with Crippen LogP contribution in [0.4, 0.5) is 0 Å². The molecule has 3 aromatic heterocycles. The first-order valence-electron chi connectivity index (χ1n) is 13.0. The van der Waals surface area contributed by atoms with Crippen LogP contribution in [0, 0.1) is 0 Å². The van der Waals surface area contributed by atoms with E-state index in [2.05, 4.69) is 85.0 Å². The van der Waals surface area contributed by atoms with Crippen molar-refractivity contribution in [3.05, 3.63) is 121 Å². The first-order valence-corrected chi connectivity index (χ1v) is 13.0. The van der Waals surface area contributed by atoms with Crippen molar-refractivity contribution in [2.24, 2.45) is 0 Å². The molecule has 1 aliphatic rings. The largest absolute Gasteiger partial charge is 0.456 e. The molecule has 0 saturated heterocycles. The Hall–Kier alpha value is -4.89. The molecule has 8 rings (SSSR count). The Morgan fingerprint density at radius 3 is 2.08 bits per heavy atom. The van der Waals surface area contributed by atoms with Gasteiger partial charge in [0.15, 0.2) is 0 Å². The molecule has 0 unspecified atom stereocenters. The molecule has 4 aromatic carbocycles. The maximum Gasteiger partial charge on any atom is 0.144 e. The Labute approximate surface area is 219 Å². The third kappa shape index (κ3) is 3.25. The van der Waals surface area contributed by atoms with Gasteiger partial charge in [-0.2, -0.15) is 0 Å². The van der Waals surface area contributed by atoms with Crippen LogP contribution in [0.15, 0.2) is 124 Å². The lowest BCUT2D eigenvalue weighted by Gasteiger charge is -2.13. The second kappa shape index (κ2) is 8.32. The van der Waals surface area contributed by atoms with E-state index < -0.39 is 0 Å². The van der Waals surface area contributed by atoms with Gasteiger partial charge in [-0.25, -0.2) is 4.98 Å². The highest BCUT2D eigenvalue weighted by molar-refractivity contribution is 6.28. The van der Waals surface area contributed by atoms with E-state index in [0.29, 0.717) is 0 Å². The smallest absolute Gasteiger partial charge is 0.144 e. The molecule has 0 atom stereocenters. The van der Waals surface area contributed by atoms with Crippen LogP contribution < -0.4 is 0 Å². The highest BCUT2D eigenvalue weighted by Gasteiger charge is 2.21. The minimum absolute atomic E-state index is 0.858. The lowest BCUT2D eigenvalue weighted by Crippen LogP contribution is -1.95. The lowest BCUT2D eigenvalue weighted by atomic mass is 9.95. The minimum Gasteiger partial charge on any atom is -0.456 e. The topological polar surface area (TPSA) is 39.2 Å². The van der Waals surface area contributed by atoms with Gasteiger partial charge in [0, 0.05) is 32.7 Å². The highest BCUT2D eigenvalue weighted by Crippen LogP contribution is 2.45. The Balaban J connectivity index is 1.49. The van der Waals surface area contributed by atoms with Gasteiger partial charge in [0.05, 0.1) is 11.4 Å². The van der Waals surface area contributed by atoms with Crippen LogP contribution in [0.3, 0.4) is 0 Å². The lowest BCUT2D eigenvalue weighted by molar-refractivity contribution is 0.664. The van der Waals surface area contributed by atoms with E-state index in [1.165, 1.54) is 0 Å². The normalized spacial score (nSPS) is 13.6. The van der Waals surface area contributed by atoms with Crippen molar-refractivity contribution in [3.63, 3.8) is 0 Å². The van der Waals surface area contributed by atoms with E-state index in [0.717, 1.165) is 90.4 Å². The van der Waals surface area contributed by atoms with Gasteiger partial charge in [0.1, 0.15) is 22.3 Å². The maximum atomic E-state index is 6.60. The number of aromatic nitrogens is 1. The van der Waals surface area contributed by atoms with Crippen molar-refractivity contribution < 1.29 is 8.83 Å². The first-order chi connectivity index (χ1) is 18.8. The van der Waals surface area contributed by atoms with Crippen LogP contribution in [-0.2, 0) is 0 Å². The molecule has 38 heavy (non-hydrogen) atoms. The van der Waals surface area contributed by atoms with E-state index in [4.69, 9.17) is 13.8 Å². The Morgan fingerprint density at radius 2 is 1.29 bits per heavy atom. The average molecular weight is 490 g/mol. The molecular formula is C35H23NO2. The molecule has 0 spiro atoms. The van der Waals surface area contributed by atoms with E-state index in [1.807, 2.05) is 30.3 Å². The summed E-state index contributed by atoms with van der Waals surface area (Å²) < 4.78 is 13.0. The average Bonchev–Trinajstić information content (AvgIpc) is 3.55. The zero-order valence-corrected chi connectivity index (χ0v) is 20.6. The van der Waals surface area contributed by atoms with Crippen molar-refractivity contribution in [3.8, 4) is 22.4 Å². The van der Waals surface area contributed by atoms with Gasteiger partial charge >= 0.3 is 0 Å². The Kier molecular flexibility index (Phi) is 4.65. The fourth-order valence-corrected chi connectivity index (χ4v) is 5.71. The highest BCUT2D eigenvalue weighted by atomic mass is 16.3. The summed E-state index contributed by atoms with van der Waals surface area (Å²) in [5.41, 5.74) is 9.68. The molecule has 180 valence electrons. The van der Waals surface area contributed by atoms with Crippen LogP contribution in [0.1, 0.15) is 18.5 Å². The molecule has 0 bridgehead atoms. The van der Waals surface area contributed by atoms with Crippen molar-refractivity contribution in [1.29, 1.82) is 0 Å². The molecule has 3 nitrogen and oxygen atoms in total. The Morgan fingerprint density at radius 1 is 0.579 bits per heavy atom. The molecule has 0 radical (unpaired) electrons. The predicted octanol–water partition coefficient (Wildman–Crippen LogP) is 9.95. The van der Waals surface area contributed by atoms with Crippen molar-refractivity contribution in [2.45, 2.75) is 12.8 Å². The van der Waals surface area contributed by atoms with Gasteiger partial charge in [0.25, 0.3) is 0 Å². The summed E-state index contributed by atoms with van der Waals surface area (Å²) >= 11 is 0. The molecule has 7 aromatic rings.